The number of unbranched alkanes of at least 4 members (excludes halogenated alkanes) is 15. The van der Waals surface area contributed by atoms with E-state index in [9.17, 15) is 0 Å². The zero-order valence-electron chi connectivity index (χ0n) is 13.9. The molecule has 0 aromatic heterocycles. The molecule has 0 spiro atoms. The lowest BCUT2D eigenvalue weighted by atomic mass is 10.0. The summed E-state index contributed by atoms with van der Waals surface area (Å²) < 4.78 is 0. The molecule has 0 amide bonds. The van der Waals surface area contributed by atoms with Crippen LogP contribution in [0.25, 0.3) is 0 Å². The monoisotopic (exact) mass is 297 g/mol. The summed E-state index contributed by atoms with van der Waals surface area (Å²) >= 11 is 4.78. The summed E-state index contributed by atoms with van der Waals surface area (Å²) in [6, 6.07) is 0. The second-order valence-electron chi connectivity index (χ2n) is 6.11. The summed E-state index contributed by atoms with van der Waals surface area (Å²) in [7, 11) is 0. The quantitative estimate of drug-likeness (QED) is 0.253. The highest BCUT2D eigenvalue weighted by Gasteiger charge is 1.93. The predicted octanol–water partition coefficient (Wildman–Crippen LogP) is 7.96. The molecule has 0 aliphatic rings. The molecule has 0 aromatic carbocycles. The van der Waals surface area contributed by atoms with Gasteiger partial charge in [0.25, 0.3) is 0 Å². The van der Waals surface area contributed by atoms with Gasteiger partial charge in [0.15, 0.2) is 0 Å². The van der Waals surface area contributed by atoms with Crippen LogP contribution in [0.4, 0.5) is 0 Å². The maximum absolute atomic E-state index is 4.78. The Labute approximate surface area is 134 Å². The standard InChI is InChI=1S/C19H37S/c1-2-3-4-5-6-7-8-9-10-11-12-13-14-15-16-17-18-19-20/h18-19H,2-17H2,1H3. The molecular weight excluding hydrogens is 260 g/mol. The maximum Gasteiger partial charge on any atom is -0.00265 e. The van der Waals surface area contributed by atoms with Gasteiger partial charge in [0.2, 0.25) is 0 Å². The summed E-state index contributed by atoms with van der Waals surface area (Å²) in [5.41, 5.74) is 0. The summed E-state index contributed by atoms with van der Waals surface area (Å²) in [6.07, 6.45) is 24.8. The van der Waals surface area contributed by atoms with Gasteiger partial charge in [-0.25, -0.2) is 0 Å². The zero-order valence-corrected chi connectivity index (χ0v) is 14.7. The average Bonchev–Trinajstić information content (AvgIpc) is 2.47. The van der Waals surface area contributed by atoms with E-state index in [1.54, 1.807) is 5.41 Å². The summed E-state index contributed by atoms with van der Waals surface area (Å²) in [4.78, 5) is 0. The van der Waals surface area contributed by atoms with Crippen LogP contribution in [0.1, 0.15) is 110 Å². The van der Waals surface area contributed by atoms with Crippen molar-refractivity contribution in [3.63, 3.8) is 0 Å². The van der Waals surface area contributed by atoms with E-state index in [4.69, 9.17) is 12.6 Å². The molecule has 0 nitrogen and oxygen atoms in total. The normalized spacial score (nSPS) is 11.4. The Morgan fingerprint density at radius 2 is 0.900 bits per heavy atom. The molecule has 0 heterocycles. The molecule has 0 aliphatic carbocycles. The van der Waals surface area contributed by atoms with Crippen LogP contribution in [0.3, 0.4) is 0 Å². The van der Waals surface area contributed by atoms with E-state index in [-0.39, 0.29) is 0 Å². The number of rotatable bonds is 16. The first-order chi connectivity index (χ1) is 9.91. The minimum absolute atomic E-state index is 1.18. The average molecular weight is 298 g/mol. The first-order valence-electron chi connectivity index (χ1n) is 9.18. The van der Waals surface area contributed by atoms with Gasteiger partial charge in [0.05, 0.1) is 0 Å². The highest BCUT2D eigenvalue weighted by Crippen LogP contribution is 2.13. The lowest BCUT2D eigenvalue weighted by Crippen LogP contribution is -1.83. The van der Waals surface area contributed by atoms with Crippen LogP contribution in [-0.2, 0) is 0 Å². The van der Waals surface area contributed by atoms with E-state index >= 15 is 0 Å². The van der Waals surface area contributed by atoms with E-state index in [2.05, 4.69) is 13.0 Å². The van der Waals surface area contributed by atoms with Crippen molar-refractivity contribution < 1.29 is 0 Å². The first kappa shape index (κ1) is 20.0. The molecule has 0 unspecified atom stereocenters. The third kappa shape index (κ3) is 18.0. The molecular formula is C19H37S. The van der Waals surface area contributed by atoms with Crippen molar-refractivity contribution in [2.45, 2.75) is 110 Å². The van der Waals surface area contributed by atoms with Crippen LogP contribution < -0.4 is 0 Å². The van der Waals surface area contributed by atoms with Gasteiger partial charge in [0, 0.05) is 0 Å². The minimum atomic E-state index is 1.18. The summed E-state index contributed by atoms with van der Waals surface area (Å²) in [5.74, 6) is 0. The topological polar surface area (TPSA) is 0 Å². The molecule has 0 N–H and O–H groups in total. The molecule has 0 aromatic rings. The van der Waals surface area contributed by atoms with Gasteiger partial charge in [-0.1, -0.05) is 116 Å². The van der Waals surface area contributed by atoms with E-state index in [0.29, 0.717) is 0 Å². The Bertz CT molecular complexity index is 186. The Balaban J connectivity index is 2.92. The molecule has 0 rings (SSSR count). The van der Waals surface area contributed by atoms with Gasteiger partial charge in [-0.2, -0.15) is 0 Å². The smallest absolute Gasteiger partial charge is 0.00265 e. The number of hydrogen-bond acceptors (Lipinski definition) is 0. The Hall–Kier alpha value is -0.0400. The fraction of sp³-hybridized carbons (Fsp3) is 0.895. The molecule has 1 heteroatoms. The Morgan fingerprint density at radius 1 is 0.550 bits per heavy atom. The third-order valence-electron chi connectivity index (χ3n) is 4.07. The summed E-state index contributed by atoms with van der Waals surface area (Å²) in [6.45, 7) is 2.29. The van der Waals surface area contributed by atoms with Crippen molar-refractivity contribution >= 4 is 12.6 Å². The molecule has 1 radical (unpaired) electrons. The molecule has 0 saturated carbocycles. The summed E-state index contributed by atoms with van der Waals surface area (Å²) in [5, 5.41) is 1.75. The molecule has 0 fully saturated rings. The Morgan fingerprint density at radius 3 is 1.25 bits per heavy atom. The molecule has 0 bridgehead atoms. The predicted molar refractivity (Wildman–Crippen MR) is 96.3 cm³/mol. The number of hydrogen-bond donors (Lipinski definition) is 0. The van der Waals surface area contributed by atoms with Crippen LogP contribution >= 0.6 is 12.6 Å². The molecule has 0 saturated heterocycles. The second kappa shape index (κ2) is 19.0. The van der Waals surface area contributed by atoms with Crippen LogP contribution in [-0.4, -0.2) is 0 Å². The lowest BCUT2D eigenvalue weighted by Gasteiger charge is -2.03. The van der Waals surface area contributed by atoms with Crippen molar-refractivity contribution in [3.05, 3.63) is 11.5 Å². The van der Waals surface area contributed by atoms with Crippen molar-refractivity contribution in [3.8, 4) is 0 Å². The molecule has 0 aliphatic heterocycles. The van der Waals surface area contributed by atoms with Gasteiger partial charge in [-0.05, 0) is 18.2 Å². The van der Waals surface area contributed by atoms with E-state index in [0.717, 1.165) is 0 Å². The third-order valence-corrected chi connectivity index (χ3v) is 4.26. The van der Waals surface area contributed by atoms with Crippen molar-refractivity contribution in [2.75, 3.05) is 0 Å². The lowest BCUT2D eigenvalue weighted by molar-refractivity contribution is 0.533. The van der Waals surface area contributed by atoms with Crippen LogP contribution in [0.2, 0.25) is 0 Å². The van der Waals surface area contributed by atoms with Gasteiger partial charge in [0.1, 0.15) is 0 Å². The second-order valence-corrected chi connectivity index (χ2v) is 6.38. The van der Waals surface area contributed by atoms with Crippen molar-refractivity contribution in [1.29, 1.82) is 0 Å². The highest BCUT2D eigenvalue weighted by molar-refractivity contribution is 7.83. The van der Waals surface area contributed by atoms with Crippen molar-refractivity contribution in [1.82, 2.24) is 0 Å². The molecule has 20 heavy (non-hydrogen) atoms. The zero-order chi connectivity index (χ0) is 14.7. The SMILES string of the molecule is CCCCCCCCCCCCCCCCCC=C[S]. The van der Waals surface area contributed by atoms with Crippen LogP contribution in [0.15, 0.2) is 11.5 Å². The van der Waals surface area contributed by atoms with E-state index in [1.807, 2.05) is 0 Å². The van der Waals surface area contributed by atoms with Crippen LogP contribution in [0, 0.1) is 0 Å². The van der Waals surface area contributed by atoms with Gasteiger partial charge in [-0.3, -0.25) is 0 Å². The maximum atomic E-state index is 4.78. The first-order valence-corrected chi connectivity index (χ1v) is 9.66. The van der Waals surface area contributed by atoms with Gasteiger partial charge in [-0.15, -0.1) is 0 Å². The largest absolute Gasteiger partial charge is 0.0891 e. The molecule has 119 valence electrons. The minimum Gasteiger partial charge on any atom is -0.0891 e. The van der Waals surface area contributed by atoms with E-state index in [1.165, 1.54) is 103 Å². The van der Waals surface area contributed by atoms with Gasteiger partial charge < -0.3 is 0 Å². The Kier molecular flexibility index (Phi) is 18.9. The highest BCUT2D eigenvalue weighted by atomic mass is 32.1. The van der Waals surface area contributed by atoms with Crippen molar-refractivity contribution in [2.24, 2.45) is 0 Å². The van der Waals surface area contributed by atoms with E-state index < -0.39 is 0 Å². The number of allylic oxidation sites excluding steroid dienone is 1. The molecule has 0 atom stereocenters. The fourth-order valence-electron chi connectivity index (χ4n) is 2.70. The van der Waals surface area contributed by atoms with Crippen LogP contribution in [0.5, 0.6) is 0 Å². The van der Waals surface area contributed by atoms with Gasteiger partial charge >= 0.3 is 0 Å². The fourth-order valence-corrected chi connectivity index (χ4v) is 2.84.